The van der Waals surface area contributed by atoms with E-state index in [1.54, 1.807) is 17.5 Å². The Morgan fingerprint density at radius 2 is 2.14 bits per heavy atom. The van der Waals surface area contributed by atoms with Crippen LogP contribution in [0.4, 0.5) is 0 Å². The highest BCUT2D eigenvalue weighted by atomic mass is 32.1. The van der Waals surface area contributed by atoms with E-state index >= 15 is 0 Å². The Balaban J connectivity index is 1.74. The highest BCUT2D eigenvalue weighted by Crippen LogP contribution is 2.19. The predicted molar refractivity (Wildman–Crippen MR) is 86.4 cm³/mol. The molecule has 1 saturated heterocycles. The Labute approximate surface area is 134 Å². The highest BCUT2D eigenvalue weighted by Gasteiger charge is 2.27. The molecule has 1 amide bonds. The normalized spacial score (nSPS) is 18.1. The van der Waals surface area contributed by atoms with Crippen LogP contribution < -0.4 is 0 Å². The van der Waals surface area contributed by atoms with Gasteiger partial charge in [0, 0.05) is 24.7 Å². The standard InChI is InChI=1S/C17H20N2O2S/c20-17(15-8-4-5-10-21-15)19(13-16-18-9-11-22-16)12-14-6-2-1-3-7-14/h1-3,6-7,9,11,15H,4-5,8,10,12-13H2/t15-/m1/s1. The molecule has 0 saturated carbocycles. The van der Waals surface area contributed by atoms with Crippen molar-refractivity contribution in [2.45, 2.75) is 38.5 Å². The second kappa shape index (κ2) is 7.51. The molecule has 0 spiro atoms. The van der Waals surface area contributed by atoms with Gasteiger partial charge in [0.1, 0.15) is 11.1 Å². The summed E-state index contributed by atoms with van der Waals surface area (Å²) in [7, 11) is 0. The zero-order valence-corrected chi connectivity index (χ0v) is 13.3. The summed E-state index contributed by atoms with van der Waals surface area (Å²) >= 11 is 1.58. The fraction of sp³-hybridized carbons (Fsp3) is 0.412. The number of aromatic nitrogens is 1. The summed E-state index contributed by atoms with van der Waals surface area (Å²) in [5.41, 5.74) is 1.13. The number of amides is 1. The molecular weight excluding hydrogens is 296 g/mol. The minimum absolute atomic E-state index is 0.0822. The molecule has 0 radical (unpaired) electrons. The lowest BCUT2D eigenvalue weighted by molar-refractivity contribution is -0.147. The highest BCUT2D eigenvalue weighted by molar-refractivity contribution is 7.09. The van der Waals surface area contributed by atoms with Crippen LogP contribution in [-0.4, -0.2) is 28.5 Å². The number of hydrogen-bond acceptors (Lipinski definition) is 4. The Kier molecular flexibility index (Phi) is 5.19. The van der Waals surface area contributed by atoms with E-state index in [2.05, 4.69) is 4.98 Å². The molecule has 3 rings (SSSR count). The van der Waals surface area contributed by atoms with Crippen LogP contribution in [0.1, 0.15) is 29.8 Å². The van der Waals surface area contributed by atoms with Gasteiger partial charge >= 0.3 is 0 Å². The molecule has 0 aliphatic carbocycles. The summed E-state index contributed by atoms with van der Waals surface area (Å²) in [6.07, 6.45) is 4.42. The average molecular weight is 316 g/mol. The number of thiazole rings is 1. The lowest BCUT2D eigenvalue weighted by Crippen LogP contribution is -2.41. The second-order valence-corrected chi connectivity index (χ2v) is 6.44. The molecule has 2 heterocycles. The number of benzene rings is 1. The number of rotatable bonds is 5. The number of hydrogen-bond donors (Lipinski definition) is 0. The Bertz CT molecular complexity index is 580. The molecule has 1 aromatic carbocycles. The van der Waals surface area contributed by atoms with Crippen molar-refractivity contribution in [3.63, 3.8) is 0 Å². The van der Waals surface area contributed by atoms with Crippen molar-refractivity contribution in [1.29, 1.82) is 0 Å². The van der Waals surface area contributed by atoms with Gasteiger partial charge in [0.05, 0.1) is 6.54 Å². The Morgan fingerprint density at radius 3 is 2.82 bits per heavy atom. The van der Waals surface area contributed by atoms with E-state index in [-0.39, 0.29) is 12.0 Å². The summed E-state index contributed by atoms with van der Waals surface area (Å²) in [6.45, 7) is 1.83. The molecule has 116 valence electrons. The first kappa shape index (κ1) is 15.2. The third-order valence-electron chi connectivity index (χ3n) is 3.79. The molecule has 1 aliphatic heterocycles. The predicted octanol–water partition coefficient (Wildman–Crippen LogP) is 3.24. The monoisotopic (exact) mass is 316 g/mol. The molecule has 4 nitrogen and oxygen atoms in total. The van der Waals surface area contributed by atoms with E-state index in [9.17, 15) is 4.79 Å². The molecule has 1 atom stereocenters. The van der Waals surface area contributed by atoms with Crippen molar-refractivity contribution in [1.82, 2.24) is 9.88 Å². The summed E-state index contributed by atoms with van der Waals surface area (Å²) in [5.74, 6) is 0.0822. The second-order valence-electron chi connectivity index (χ2n) is 5.46. The van der Waals surface area contributed by atoms with Crippen molar-refractivity contribution >= 4 is 17.2 Å². The van der Waals surface area contributed by atoms with Crippen molar-refractivity contribution in [2.75, 3.05) is 6.61 Å². The minimum atomic E-state index is -0.294. The van der Waals surface area contributed by atoms with Gasteiger partial charge in [-0.25, -0.2) is 4.98 Å². The zero-order valence-electron chi connectivity index (χ0n) is 12.5. The lowest BCUT2D eigenvalue weighted by atomic mass is 10.1. The molecule has 1 fully saturated rings. The number of nitrogens with zero attached hydrogens (tertiary/aromatic N) is 2. The van der Waals surface area contributed by atoms with Crippen LogP contribution in [-0.2, 0) is 22.6 Å². The van der Waals surface area contributed by atoms with Gasteiger partial charge in [-0.15, -0.1) is 11.3 Å². The molecule has 0 bridgehead atoms. The van der Waals surface area contributed by atoms with E-state index in [1.165, 1.54) is 0 Å². The summed E-state index contributed by atoms with van der Waals surface area (Å²) < 4.78 is 5.67. The van der Waals surface area contributed by atoms with Crippen molar-refractivity contribution in [3.8, 4) is 0 Å². The number of ether oxygens (including phenoxy) is 1. The minimum Gasteiger partial charge on any atom is -0.368 e. The van der Waals surface area contributed by atoms with E-state index in [0.717, 1.165) is 29.8 Å². The summed E-state index contributed by atoms with van der Waals surface area (Å²) in [6, 6.07) is 10.1. The van der Waals surface area contributed by atoms with Crippen LogP contribution in [0.5, 0.6) is 0 Å². The Morgan fingerprint density at radius 1 is 1.27 bits per heavy atom. The van der Waals surface area contributed by atoms with Crippen LogP contribution >= 0.6 is 11.3 Å². The first-order valence-electron chi connectivity index (χ1n) is 7.65. The maximum Gasteiger partial charge on any atom is 0.252 e. The average Bonchev–Trinajstić information content (AvgIpc) is 3.08. The zero-order chi connectivity index (χ0) is 15.2. The maximum atomic E-state index is 12.8. The molecule has 2 aromatic rings. The summed E-state index contributed by atoms with van der Waals surface area (Å²) in [4.78, 5) is 19.0. The molecule has 1 aromatic heterocycles. The quantitative estimate of drug-likeness (QED) is 0.850. The molecule has 1 aliphatic rings. The smallest absolute Gasteiger partial charge is 0.252 e. The van der Waals surface area contributed by atoms with Crippen LogP contribution in [0.3, 0.4) is 0 Å². The van der Waals surface area contributed by atoms with Gasteiger partial charge in [-0.05, 0) is 24.8 Å². The van der Waals surface area contributed by atoms with Gasteiger partial charge in [0.15, 0.2) is 0 Å². The SMILES string of the molecule is O=C([C@H]1CCCCO1)N(Cc1ccccc1)Cc1nccs1. The number of carbonyl (C=O) groups excluding carboxylic acids is 1. The first-order valence-corrected chi connectivity index (χ1v) is 8.53. The van der Waals surface area contributed by atoms with Crippen LogP contribution in [0.15, 0.2) is 41.9 Å². The molecule has 0 N–H and O–H groups in total. The first-order chi connectivity index (χ1) is 10.8. The topological polar surface area (TPSA) is 42.4 Å². The third-order valence-corrected chi connectivity index (χ3v) is 4.56. The summed E-state index contributed by atoms with van der Waals surface area (Å²) in [5, 5.41) is 2.90. The fourth-order valence-corrected chi connectivity index (χ4v) is 3.28. The maximum absolute atomic E-state index is 12.8. The van der Waals surface area contributed by atoms with E-state index in [1.807, 2.05) is 40.6 Å². The van der Waals surface area contributed by atoms with Gasteiger partial charge in [-0.3, -0.25) is 4.79 Å². The largest absolute Gasteiger partial charge is 0.368 e. The van der Waals surface area contributed by atoms with Gasteiger partial charge in [-0.1, -0.05) is 30.3 Å². The lowest BCUT2D eigenvalue weighted by Gasteiger charge is -2.29. The van der Waals surface area contributed by atoms with Crippen LogP contribution in [0, 0.1) is 0 Å². The Hall–Kier alpha value is -1.72. The van der Waals surface area contributed by atoms with Gasteiger partial charge < -0.3 is 9.64 Å². The van der Waals surface area contributed by atoms with Crippen molar-refractivity contribution < 1.29 is 9.53 Å². The molecule has 22 heavy (non-hydrogen) atoms. The number of carbonyl (C=O) groups is 1. The molecular formula is C17H20N2O2S. The van der Waals surface area contributed by atoms with Crippen molar-refractivity contribution in [3.05, 3.63) is 52.5 Å². The van der Waals surface area contributed by atoms with E-state index in [0.29, 0.717) is 19.7 Å². The van der Waals surface area contributed by atoms with E-state index < -0.39 is 0 Å². The van der Waals surface area contributed by atoms with Gasteiger partial charge in [-0.2, -0.15) is 0 Å². The van der Waals surface area contributed by atoms with Gasteiger partial charge in [0.2, 0.25) is 0 Å². The van der Waals surface area contributed by atoms with Crippen LogP contribution in [0.25, 0.3) is 0 Å². The van der Waals surface area contributed by atoms with Gasteiger partial charge in [0.25, 0.3) is 5.91 Å². The third kappa shape index (κ3) is 3.93. The molecule has 5 heteroatoms. The fourth-order valence-electron chi connectivity index (χ4n) is 2.65. The van der Waals surface area contributed by atoms with Crippen LogP contribution in [0.2, 0.25) is 0 Å². The molecule has 0 unspecified atom stereocenters. The van der Waals surface area contributed by atoms with Crippen molar-refractivity contribution in [2.24, 2.45) is 0 Å². The van der Waals surface area contributed by atoms with E-state index in [4.69, 9.17) is 4.74 Å².